The fourth-order valence-corrected chi connectivity index (χ4v) is 3.45. The van der Waals surface area contributed by atoms with Gasteiger partial charge in [-0.2, -0.15) is 0 Å². The summed E-state index contributed by atoms with van der Waals surface area (Å²) in [6.07, 6.45) is 2.12. The van der Waals surface area contributed by atoms with Crippen molar-refractivity contribution in [3.05, 3.63) is 34.3 Å². The van der Waals surface area contributed by atoms with E-state index in [1.165, 1.54) is 4.31 Å². The summed E-state index contributed by atoms with van der Waals surface area (Å²) in [5, 5.41) is 0. The highest BCUT2D eigenvalue weighted by atomic mass is 79.9. The van der Waals surface area contributed by atoms with E-state index in [9.17, 15) is 8.42 Å². The van der Waals surface area contributed by atoms with E-state index in [1.807, 2.05) is 24.3 Å². The summed E-state index contributed by atoms with van der Waals surface area (Å²) < 4.78 is 26.4. The molecule has 0 saturated heterocycles. The van der Waals surface area contributed by atoms with Crippen LogP contribution in [-0.4, -0.2) is 25.5 Å². The number of sulfonamides is 1. The number of rotatable bonds is 5. The largest absolute Gasteiger partial charge is 0.214 e. The molecule has 0 amide bonds. The summed E-state index contributed by atoms with van der Waals surface area (Å²) in [6, 6.07) is 7.73. The van der Waals surface area contributed by atoms with Crippen LogP contribution in [0.4, 0.5) is 0 Å². The van der Waals surface area contributed by atoms with Crippen molar-refractivity contribution in [2.75, 3.05) is 12.8 Å². The molecule has 1 saturated carbocycles. The SMILES string of the molecule is CN(Cc1ccc(Br)cc1)S(=O)(=O)CC1CC1. The zero-order valence-corrected chi connectivity index (χ0v) is 12.2. The first-order chi connectivity index (χ1) is 7.97. The minimum Gasteiger partial charge on any atom is -0.212 e. The average molecular weight is 318 g/mol. The topological polar surface area (TPSA) is 37.4 Å². The van der Waals surface area contributed by atoms with Gasteiger partial charge in [0.25, 0.3) is 0 Å². The smallest absolute Gasteiger partial charge is 0.212 e. The average Bonchev–Trinajstić information content (AvgIpc) is 3.04. The Labute approximate surface area is 111 Å². The van der Waals surface area contributed by atoms with Crippen LogP contribution in [0.1, 0.15) is 18.4 Å². The Hall–Kier alpha value is -0.390. The molecule has 94 valence electrons. The van der Waals surface area contributed by atoms with Gasteiger partial charge in [0.05, 0.1) is 5.75 Å². The van der Waals surface area contributed by atoms with Crippen LogP contribution < -0.4 is 0 Å². The molecular formula is C12H16BrNO2S. The summed E-state index contributed by atoms with van der Waals surface area (Å²) in [4.78, 5) is 0. The summed E-state index contributed by atoms with van der Waals surface area (Å²) in [7, 11) is -1.43. The molecule has 0 aromatic heterocycles. The highest BCUT2D eigenvalue weighted by Crippen LogP contribution is 2.31. The lowest BCUT2D eigenvalue weighted by Gasteiger charge is -2.17. The van der Waals surface area contributed by atoms with E-state index in [2.05, 4.69) is 15.9 Å². The Kier molecular flexibility index (Phi) is 3.90. The van der Waals surface area contributed by atoms with Crippen LogP contribution in [-0.2, 0) is 16.6 Å². The quantitative estimate of drug-likeness (QED) is 0.837. The van der Waals surface area contributed by atoms with Gasteiger partial charge < -0.3 is 0 Å². The second-order valence-corrected chi connectivity index (χ2v) is 7.64. The van der Waals surface area contributed by atoms with Crippen molar-refractivity contribution in [3.8, 4) is 0 Å². The lowest BCUT2D eigenvalue weighted by molar-refractivity contribution is 0.464. The van der Waals surface area contributed by atoms with Gasteiger partial charge in [0.2, 0.25) is 10.0 Å². The molecule has 0 unspecified atom stereocenters. The van der Waals surface area contributed by atoms with Crippen molar-refractivity contribution in [1.82, 2.24) is 4.31 Å². The zero-order valence-electron chi connectivity index (χ0n) is 9.77. The van der Waals surface area contributed by atoms with E-state index in [1.54, 1.807) is 7.05 Å². The highest BCUT2D eigenvalue weighted by molar-refractivity contribution is 9.10. The normalized spacial score (nSPS) is 16.4. The Balaban J connectivity index is 2.00. The molecule has 3 nitrogen and oxygen atoms in total. The second kappa shape index (κ2) is 5.08. The van der Waals surface area contributed by atoms with E-state index >= 15 is 0 Å². The number of benzene rings is 1. The number of nitrogens with zero attached hydrogens (tertiary/aromatic N) is 1. The molecule has 0 bridgehead atoms. The Morgan fingerprint density at radius 1 is 1.29 bits per heavy atom. The molecule has 1 aromatic carbocycles. The molecule has 0 spiro atoms. The van der Waals surface area contributed by atoms with E-state index in [4.69, 9.17) is 0 Å². The molecular weight excluding hydrogens is 302 g/mol. The molecule has 17 heavy (non-hydrogen) atoms. The van der Waals surface area contributed by atoms with Gasteiger partial charge in [-0.1, -0.05) is 28.1 Å². The molecule has 0 heterocycles. The Morgan fingerprint density at radius 2 is 1.88 bits per heavy atom. The van der Waals surface area contributed by atoms with Crippen molar-refractivity contribution in [3.63, 3.8) is 0 Å². The molecule has 1 fully saturated rings. The van der Waals surface area contributed by atoms with E-state index in [0.29, 0.717) is 18.2 Å². The predicted octanol–water partition coefficient (Wildman–Crippen LogP) is 2.62. The first-order valence-corrected chi connectivity index (χ1v) is 8.06. The summed E-state index contributed by atoms with van der Waals surface area (Å²) in [5.74, 6) is 0.701. The van der Waals surface area contributed by atoms with Gasteiger partial charge in [0, 0.05) is 18.1 Å². The maximum Gasteiger partial charge on any atom is 0.214 e. The van der Waals surface area contributed by atoms with Crippen LogP contribution in [0.5, 0.6) is 0 Å². The summed E-state index contributed by atoms with van der Waals surface area (Å²) >= 11 is 3.36. The fraction of sp³-hybridized carbons (Fsp3) is 0.500. The van der Waals surface area contributed by atoms with Gasteiger partial charge in [-0.15, -0.1) is 0 Å². The summed E-state index contributed by atoms with van der Waals surface area (Å²) in [6.45, 7) is 0.447. The minimum atomic E-state index is -3.08. The summed E-state index contributed by atoms with van der Waals surface area (Å²) in [5.41, 5.74) is 1.01. The number of hydrogen-bond donors (Lipinski definition) is 0. The van der Waals surface area contributed by atoms with Gasteiger partial charge in [-0.05, 0) is 36.5 Å². The van der Waals surface area contributed by atoms with Crippen molar-refractivity contribution in [2.24, 2.45) is 5.92 Å². The van der Waals surface area contributed by atoms with Crippen molar-refractivity contribution < 1.29 is 8.42 Å². The number of halogens is 1. The van der Waals surface area contributed by atoms with E-state index in [0.717, 1.165) is 22.9 Å². The zero-order chi connectivity index (χ0) is 12.5. The van der Waals surface area contributed by atoms with Crippen LogP contribution in [0.15, 0.2) is 28.7 Å². The maximum atomic E-state index is 12.0. The minimum absolute atomic E-state index is 0.306. The van der Waals surface area contributed by atoms with E-state index < -0.39 is 10.0 Å². The highest BCUT2D eigenvalue weighted by Gasteiger charge is 2.30. The van der Waals surface area contributed by atoms with Gasteiger partial charge in [0.1, 0.15) is 0 Å². The van der Waals surface area contributed by atoms with Gasteiger partial charge in [-0.3, -0.25) is 0 Å². The molecule has 0 radical (unpaired) electrons. The van der Waals surface area contributed by atoms with Crippen LogP contribution >= 0.6 is 15.9 Å². The molecule has 2 rings (SSSR count). The lowest BCUT2D eigenvalue weighted by atomic mass is 10.2. The van der Waals surface area contributed by atoms with Crippen LogP contribution in [0.25, 0.3) is 0 Å². The van der Waals surface area contributed by atoms with Crippen molar-refractivity contribution in [1.29, 1.82) is 0 Å². The monoisotopic (exact) mass is 317 g/mol. The third-order valence-electron chi connectivity index (χ3n) is 2.94. The van der Waals surface area contributed by atoms with Crippen LogP contribution in [0.3, 0.4) is 0 Å². The predicted molar refractivity (Wildman–Crippen MR) is 72.1 cm³/mol. The maximum absolute atomic E-state index is 12.0. The van der Waals surface area contributed by atoms with Crippen molar-refractivity contribution in [2.45, 2.75) is 19.4 Å². The molecule has 0 aliphatic heterocycles. The molecule has 1 aliphatic rings. The fourth-order valence-electron chi connectivity index (χ4n) is 1.65. The number of hydrogen-bond acceptors (Lipinski definition) is 2. The van der Waals surface area contributed by atoms with Gasteiger partial charge in [-0.25, -0.2) is 12.7 Å². The van der Waals surface area contributed by atoms with Gasteiger partial charge in [0.15, 0.2) is 0 Å². The first-order valence-electron chi connectivity index (χ1n) is 5.66. The molecule has 1 aromatic rings. The Bertz CT molecular complexity index is 480. The van der Waals surface area contributed by atoms with Gasteiger partial charge >= 0.3 is 0 Å². The molecule has 5 heteroatoms. The molecule has 0 atom stereocenters. The standard InChI is InChI=1S/C12H16BrNO2S/c1-14(17(15,16)9-11-2-3-11)8-10-4-6-12(13)7-5-10/h4-7,11H,2-3,8-9H2,1H3. The first kappa shape index (κ1) is 13.1. The Morgan fingerprint density at radius 3 is 2.41 bits per heavy atom. The second-order valence-electron chi connectivity index (χ2n) is 4.60. The third kappa shape index (κ3) is 3.79. The van der Waals surface area contributed by atoms with E-state index in [-0.39, 0.29) is 0 Å². The van der Waals surface area contributed by atoms with Crippen molar-refractivity contribution >= 4 is 26.0 Å². The third-order valence-corrected chi connectivity index (χ3v) is 5.44. The lowest BCUT2D eigenvalue weighted by Crippen LogP contribution is -2.29. The van der Waals surface area contributed by atoms with Crippen LogP contribution in [0, 0.1) is 5.92 Å². The molecule has 0 N–H and O–H groups in total. The van der Waals surface area contributed by atoms with Crippen LogP contribution in [0.2, 0.25) is 0 Å². The molecule has 1 aliphatic carbocycles.